The quantitative estimate of drug-likeness (QED) is 0.238. The summed E-state index contributed by atoms with van der Waals surface area (Å²) in [6, 6.07) is 20.6. The van der Waals surface area contributed by atoms with Crippen LogP contribution in [0.15, 0.2) is 71.2 Å². The van der Waals surface area contributed by atoms with E-state index in [1.165, 1.54) is 0 Å². The fourth-order valence-corrected chi connectivity index (χ4v) is 3.74. The smallest absolute Gasteiger partial charge is 0.344 e. The molecule has 0 saturated heterocycles. The van der Waals surface area contributed by atoms with Crippen molar-refractivity contribution in [3.05, 3.63) is 92.9 Å². The normalized spacial score (nSPS) is 10.9. The van der Waals surface area contributed by atoms with Gasteiger partial charge >= 0.3 is 5.97 Å². The summed E-state index contributed by atoms with van der Waals surface area (Å²) in [5.41, 5.74) is 4.93. The average molecular weight is 467 g/mol. The Hall–Kier alpha value is -2.69. The second kappa shape index (κ2) is 7.97. The number of ether oxygens (including phenoxy) is 1. The van der Waals surface area contributed by atoms with Gasteiger partial charge in [-0.1, -0.05) is 63.4 Å². The Labute approximate surface area is 182 Å². The minimum absolute atomic E-state index is 0.332. The van der Waals surface area contributed by atoms with E-state index in [0.29, 0.717) is 22.0 Å². The zero-order chi connectivity index (χ0) is 20.5. The molecule has 0 amide bonds. The zero-order valence-electron chi connectivity index (χ0n) is 15.9. The molecule has 0 N–H and O–H groups in total. The Balaban J connectivity index is 1.89. The van der Waals surface area contributed by atoms with Crippen LogP contribution in [0.25, 0.3) is 22.2 Å². The van der Waals surface area contributed by atoms with Crippen molar-refractivity contribution in [2.24, 2.45) is 0 Å². The van der Waals surface area contributed by atoms with E-state index < -0.39 is 5.97 Å². The predicted molar refractivity (Wildman–Crippen MR) is 121 cm³/mol. The van der Waals surface area contributed by atoms with Crippen molar-refractivity contribution in [1.29, 1.82) is 0 Å². The fraction of sp³-hybridized carbons (Fsp3) is 0.0833. The standard InChI is InChI=1S/C24H17BrClNO2/c1-14-11-15(2)23-18(12-14)19(24(28)29-22-6-4-3-5-20(22)26)13-21(27-23)16-7-9-17(25)10-8-16/h3-13H,1-2H3. The molecule has 4 aromatic rings. The molecule has 144 valence electrons. The van der Waals surface area contributed by atoms with Crippen molar-refractivity contribution in [3.8, 4) is 17.0 Å². The van der Waals surface area contributed by atoms with Crippen LogP contribution in [0, 0.1) is 13.8 Å². The third-order valence-electron chi connectivity index (χ3n) is 4.65. The molecule has 0 fully saturated rings. The van der Waals surface area contributed by atoms with Crippen LogP contribution in [0.5, 0.6) is 5.75 Å². The number of halogens is 2. The van der Waals surface area contributed by atoms with E-state index in [-0.39, 0.29) is 0 Å². The first-order chi connectivity index (χ1) is 13.9. The van der Waals surface area contributed by atoms with E-state index >= 15 is 0 Å². The molecule has 0 spiro atoms. The number of nitrogens with zero attached hydrogens (tertiary/aromatic N) is 1. The highest BCUT2D eigenvalue weighted by Crippen LogP contribution is 2.30. The number of rotatable bonds is 3. The van der Waals surface area contributed by atoms with Gasteiger partial charge in [-0.2, -0.15) is 0 Å². The van der Waals surface area contributed by atoms with Gasteiger partial charge < -0.3 is 4.74 Å². The Morgan fingerprint density at radius 2 is 1.72 bits per heavy atom. The van der Waals surface area contributed by atoms with E-state index in [4.69, 9.17) is 21.3 Å². The third-order valence-corrected chi connectivity index (χ3v) is 5.49. The van der Waals surface area contributed by atoms with Crippen LogP contribution in [0.3, 0.4) is 0 Å². The van der Waals surface area contributed by atoms with Gasteiger partial charge in [-0.05, 0) is 55.8 Å². The lowest BCUT2D eigenvalue weighted by molar-refractivity contribution is 0.0737. The van der Waals surface area contributed by atoms with Crippen molar-refractivity contribution in [1.82, 2.24) is 4.98 Å². The van der Waals surface area contributed by atoms with E-state index in [2.05, 4.69) is 22.0 Å². The average Bonchev–Trinajstić information content (AvgIpc) is 2.69. The summed E-state index contributed by atoms with van der Waals surface area (Å²) in [5, 5.41) is 1.15. The molecule has 3 nitrogen and oxygen atoms in total. The van der Waals surface area contributed by atoms with E-state index in [9.17, 15) is 4.79 Å². The summed E-state index contributed by atoms with van der Waals surface area (Å²) in [5.74, 6) is -0.132. The van der Waals surface area contributed by atoms with Crippen molar-refractivity contribution in [3.63, 3.8) is 0 Å². The van der Waals surface area contributed by atoms with Gasteiger partial charge in [0.15, 0.2) is 0 Å². The molecule has 4 rings (SSSR count). The van der Waals surface area contributed by atoms with E-state index in [1.807, 2.05) is 44.2 Å². The Morgan fingerprint density at radius 1 is 1.00 bits per heavy atom. The number of hydrogen-bond donors (Lipinski definition) is 0. The molecule has 0 bridgehead atoms. The summed E-state index contributed by atoms with van der Waals surface area (Å²) >= 11 is 9.62. The monoisotopic (exact) mass is 465 g/mol. The van der Waals surface area contributed by atoms with Gasteiger partial charge in [0.05, 0.1) is 21.8 Å². The molecule has 1 aromatic heterocycles. The third kappa shape index (κ3) is 4.04. The maximum absolute atomic E-state index is 13.1. The molecular formula is C24H17BrClNO2. The molecule has 0 radical (unpaired) electrons. The summed E-state index contributed by atoms with van der Waals surface area (Å²) in [6.07, 6.45) is 0. The second-order valence-electron chi connectivity index (χ2n) is 6.86. The summed E-state index contributed by atoms with van der Waals surface area (Å²) in [7, 11) is 0. The SMILES string of the molecule is Cc1cc(C)c2nc(-c3ccc(Br)cc3)cc(C(=O)Oc3ccccc3Cl)c2c1. The zero-order valence-corrected chi connectivity index (χ0v) is 18.2. The minimum atomic E-state index is -0.464. The van der Waals surface area contributed by atoms with Crippen LogP contribution in [0.4, 0.5) is 0 Å². The fourth-order valence-electron chi connectivity index (χ4n) is 3.30. The van der Waals surface area contributed by atoms with Gasteiger partial charge in [-0.3, -0.25) is 0 Å². The van der Waals surface area contributed by atoms with Crippen LogP contribution in [0.2, 0.25) is 5.02 Å². The Kier molecular flexibility index (Phi) is 5.39. The van der Waals surface area contributed by atoms with Gasteiger partial charge in [-0.25, -0.2) is 9.78 Å². The molecule has 0 saturated carbocycles. The summed E-state index contributed by atoms with van der Waals surface area (Å²) in [4.78, 5) is 18.0. The van der Waals surface area contributed by atoms with Crippen LogP contribution < -0.4 is 4.74 Å². The molecule has 0 aliphatic rings. The Bertz CT molecular complexity index is 1240. The maximum Gasteiger partial charge on any atom is 0.344 e. The largest absolute Gasteiger partial charge is 0.421 e. The number of esters is 1. The first kappa shape index (κ1) is 19.6. The van der Waals surface area contributed by atoms with Crippen LogP contribution in [0.1, 0.15) is 21.5 Å². The number of hydrogen-bond acceptors (Lipinski definition) is 3. The number of aryl methyl sites for hydroxylation is 2. The van der Waals surface area contributed by atoms with Gasteiger partial charge in [0.25, 0.3) is 0 Å². The molecule has 3 aromatic carbocycles. The van der Waals surface area contributed by atoms with Gasteiger partial charge in [0.1, 0.15) is 5.75 Å². The van der Waals surface area contributed by atoms with Gasteiger partial charge in [0.2, 0.25) is 0 Å². The predicted octanol–water partition coefficient (Wildman–Crippen LogP) is 7.15. The highest BCUT2D eigenvalue weighted by molar-refractivity contribution is 9.10. The first-order valence-corrected chi connectivity index (χ1v) is 10.2. The van der Waals surface area contributed by atoms with Crippen LogP contribution >= 0.6 is 27.5 Å². The molecule has 1 heterocycles. The Morgan fingerprint density at radius 3 is 2.45 bits per heavy atom. The first-order valence-electron chi connectivity index (χ1n) is 9.07. The number of benzene rings is 3. The van der Waals surface area contributed by atoms with Crippen molar-refractivity contribution >= 4 is 44.4 Å². The molecule has 0 aliphatic heterocycles. The lowest BCUT2D eigenvalue weighted by Gasteiger charge is -2.13. The number of aromatic nitrogens is 1. The van der Waals surface area contributed by atoms with Crippen molar-refractivity contribution < 1.29 is 9.53 Å². The van der Waals surface area contributed by atoms with E-state index in [1.54, 1.807) is 30.3 Å². The summed E-state index contributed by atoms with van der Waals surface area (Å²) in [6.45, 7) is 4.00. The lowest BCUT2D eigenvalue weighted by atomic mass is 10.00. The van der Waals surface area contributed by atoms with Gasteiger partial charge in [-0.15, -0.1) is 0 Å². The minimum Gasteiger partial charge on any atom is -0.421 e. The number of para-hydroxylation sites is 1. The second-order valence-corrected chi connectivity index (χ2v) is 8.18. The highest BCUT2D eigenvalue weighted by Gasteiger charge is 2.18. The highest BCUT2D eigenvalue weighted by atomic mass is 79.9. The molecule has 0 unspecified atom stereocenters. The molecule has 5 heteroatoms. The van der Waals surface area contributed by atoms with Crippen LogP contribution in [-0.4, -0.2) is 11.0 Å². The molecule has 29 heavy (non-hydrogen) atoms. The topological polar surface area (TPSA) is 39.2 Å². The number of carbonyl (C=O) groups is 1. The number of fused-ring (bicyclic) bond motifs is 1. The van der Waals surface area contributed by atoms with E-state index in [0.717, 1.165) is 32.1 Å². The number of pyridine rings is 1. The van der Waals surface area contributed by atoms with Crippen LogP contribution in [-0.2, 0) is 0 Å². The van der Waals surface area contributed by atoms with Crippen molar-refractivity contribution in [2.45, 2.75) is 13.8 Å². The maximum atomic E-state index is 13.1. The lowest BCUT2D eigenvalue weighted by Crippen LogP contribution is -2.11. The van der Waals surface area contributed by atoms with Crippen molar-refractivity contribution in [2.75, 3.05) is 0 Å². The number of carbonyl (C=O) groups excluding carboxylic acids is 1. The molecular weight excluding hydrogens is 450 g/mol. The molecule has 0 aliphatic carbocycles. The van der Waals surface area contributed by atoms with Gasteiger partial charge in [0, 0.05) is 15.4 Å². The summed E-state index contributed by atoms with van der Waals surface area (Å²) < 4.78 is 6.60. The molecule has 0 atom stereocenters.